The predicted octanol–water partition coefficient (Wildman–Crippen LogP) is 2.79. The average Bonchev–Trinajstić information content (AvgIpc) is 2.71. The number of carbonyl (C=O) groups excluding carboxylic acids is 2. The largest absolute Gasteiger partial charge is 0.496 e. The molecule has 1 atom stereocenters. The van der Waals surface area contributed by atoms with Crippen LogP contribution in [-0.4, -0.2) is 46.3 Å². The van der Waals surface area contributed by atoms with Crippen LogP contribution >= 0.6 is 0 Å². The second kappa shape index (κ2) is 10.3. The highest BCUT2D eigenvalue weighted by Crippen LogP contribution is 2.34. The smallest absolute Gasteiger partial charge is 0.357 e. The zero-order chi connectivity index (χ0) is 19.6. The molecule has 0 aliphatic rings. The van der Waals surface area contributed by atoms with Crippen LogP contribution in [0.2, 0.25) is 0 Å². The van der Waals surface area contributed by atoms with E-state index in [2.05, 4.69) is 0 Å². The molecule has 0 fully saturated rings. The predicted molar refractivity (Wildman–Crippen MR) is 97.0 cm³/mol. The van der Waals surface area contributed by atoms with Gasteiger partial charge in [0.15, 0.2) is 5.78 Å². The molecule has 0 bridgehead atoms. The second-order valence-corrected chi connectivity index (χ2v) is 5.46. The van der Waals surface area contributed by atoms with E-state index in [1.54, 1.807) is 48.5 Å². The molecule has 0 heterocycles. The van der Waals surface area contributed by atoms with Gasteiger partial charge in [-0.2, -0.15) is 4.89 Å². The quantitative estimate of drug-likeness (QED) is 0.208. The topological polar surface area (TPSA) is 80.3 Å². The van der Waals surface area contributed by atoms with Gasteiger partial charge in [0.2, 0.25) is 0 Å². The van der Waals surface area contributed by atoms with Gasteiger partial charge >= 0.3 is 5.97 Å². The molecule has 1 unspecified atom stereocenters. The number of hydrogen-bond acceptors (Lipinski definition) is 7. The highest BCUT2D eigenvalue weighted by Gasteiger charge is 2.35. The van der Waals surface area contributed by atoms with Crippen molar-refractivity contribution in [3.8, 4) is 11.5 Å². The van der Waals surface area contributed by atoms with Crippen molar-refractivity contribution in [3.63, 3.8) is 0 Å². The standard InChI is InChI=1S/C20H22O7/c1-23-12-13-26-27-20(22)17(14-8-5-4-6-9-14)19(21)18-15(24-2)10-7-11-16(18)25-3/h4-11,17H,12-13H2,1-3H3. The molecule has 0 saturated carbocycles. The van der Waals surface area contributed by atoms with Crippen molar-refractivity contribution >= 4 is 11.8 Å². The van der Waals surface area contributed by atoms with E-state index in [9.17, 15) is 9.59 Å². The van der Waals surface area contributed by atoms with Crippen molar-refractivity contribution in [1.82, 2.24) is 0 Å². The Morgan fingerprint density at radius 2 is 1.48 bits per heavy atom. The summed E-state index contributed by atoms with van der Waals surface area (Å²) in [5.74, 6) is -1.99. The van der Waals surface area contributed by atoms with Crippen LogP contribution in [0.1, 0.15) is 21.8 Å². The molecule has 0 saturated heterocycles. The monoisotopic (exact) mass is 374 g/mol. The lowest BCUT2D eigenvalue weighted by atomic mass is 9.90. The van der Waals surface area contributed by atoms with Crippen LogP contribution in [0.25, 0.3) is 0 Å². The zero-order valence-electron chi connectivity index (χ0n) is 15.5. The van der Waals surface area contributed by atoms with Gasteiger partial charge in [0.25, 0.3) is 0 Å². The Balaban J connectivity index is 2.39. The molecule has 7 heteroatoms. The van der Waals surface area contributed by atoms with Gasteiger partial charge in [-0.1, -0.05) is 36.4 Å². The summed E-state index contributed by atoms with van der Waals surface area (Å²) in [4.78, 5) is 35.6. The molecule has 0 spiro atoms. The summed E-state index contributed by atoms with van der Waals surface area (Å²) < 4.78 is 15.4. The fraction of sp³-hybridized carbons (Fsp3) is 0.300. The van der Waals surface area contributed by atoms with E-state index in [0.29, 0.717) is 17.1 Å². The lowest BCUT2D eigenvalue weighted by Crippen LogP contribution is -2.26. The number of carbonyl (C=O) groups is 2. The van der Waals surface area contributed by atoms with E-state index in [-0.39, 0.29) is 18.8 Å². The van der Waals surface area contributed by atoms with Crippen LogP contribution in [0.4, 0.5) is 0 Å². The van der Waals surface area contributed by atoms with Gasteiger partial charge in [0, 0.05) is 7.11 Å². The molecule has 0 radical (unpaired) electrons. The SMILES string of the molecule is COCCOOC(=O)C(C(=O)c1c(OC)cccc1OC)c1ccccc1. The third kappa shape index (κ3) is 5.06. The number of hydrogen-bond donors (Lipinski definition) is 0. The van der Waals surface area contributed by atoms with Crippen molar-refractivity contribution < 1.29 is 33.6 Å². The van der Waals surface area contributed by atoms with Crippen LogP contribution in [0, 0.1) is 0 Å². The fourth-order valence-corrected chi connectivity index (χ4v) is 2.54. The van der Waals surface area contributed by atoms with Gasteiger partial charge in [-0.05, 0) is 17.7 Å². The molecule has 144 valence electrons. The van der Waals surface area contributed by atoms with Crippen molar-refractivity contribution in [2.45, 2.75) is 5.92 Å². The molecule has 2 rings (SSSR count). The second-order valence-electron chi connectivity index (χ2n) is 5.46. The minimum atomic E-state index is -1.24. The van der Waals surface area contributed by atoms with Gasteiger partial charge in [-0.25, -0.2) is 4.79 Å². The van der Waals surface area contributed by atoms with E-state index >= 15 is 0 Å². The van der Waals surface area contributed by atoms with E-state index in [1.165, 1.54) is 21.3 Å². The summed E-state index contributed by atoms with van der Waals surface area (Å²) in [5, 5.41) is 0. The van der Waals surface area contributed by atoms with E-state index in [1.807, 2.05) is 0 Å². The molecule has 2 aromatic carbocycles. The first-order valence-electron chi connectivity index (χ1n) is 8.26. The van der Waals surface area contributed by atoms with E-state index < -0.39 is 17.7 Å². The molecule has 0 amide bonds. The first-order valence-corrected chi connectivity index (χ1v) is 8.26. The summed E-state index contributed by atoms with van der Waals surface area (Å²) in [7, 11) is 4.37. The zero-order valence-corrected chi connectivity index (χ0v) is 15.5. The van der Waals surface area contributed by atoms with Gasteiger partial charge < -0.3 is 14.2 Å². The minimum absolute atomic E-state index is 0.0515. The molecule has 2 aromatic rings. The molecule has 0 aliphatic heterocycles. The van der Waals surface area contributed by atoms with E-state index in [0.717, 1.165) is 0 Å². The van der Waals surface area contributed by atoms with Gasteiger partial charge in [-0.3, -0.25) is 9.68 Å². The Morgan fingerprint density at radius 3 is 2.04 bits per heavy atom. The Bertz CT molecular complexity index is 736. The summed E-state index contributed by atoms with van der Waals surface area (Å²) >= 11 is 0. The number of ether oxygens (including phenoxy) is 3. The lowest BCUT2D eigenvalue weighted by Gasteiger charge is -2.18. The van der Waals surface area contributed by atoms with Crippen molar-refractivity contribution in [2.24, 2.45) is 0 Å². The lowest BCUT2D eigenvalue weighted by molar-refractivity contribution is -0.276. The molecule has 27 heavy (non-hydrogen) atoms. The Hall–Kier alpha value is -2.90. The fourth-order valence-electron chi connectivity index (χ4n) is 2.54. The number of Topliss-reactive ketones (excluding diaryl/α,β-unsaturated/α-hetero) is 1. The summed E-state index contributed by atoms with van der Waals surface area (Å²) in [6.07, 6.45) is 0. The first kappa shape index (κ1) is 20.4. The molecule has 7 nitrogen and oxygen atoms in total. The maximum Gasteiger partial charge on any atom is 0.357 e. The number of methoxy groups -OCH3 is 3. The number of ketones is 1. The molecule has 0 aromatic heterocycles. The van der Waals surface area contributed by atoms with Gasteiger partial charge in [-0.15, -0.1) is 0 Å². The van der Waals surface area contributed by atoms with Crippen molar-refractivity contribution in [3.05, 3.63) is 59.7 Å². The van der Waals surface area contributed by atoms with Crippen LogP contribution in [-0.2, 0) is 19.3 Å². The first-order chi connectivity index (χ1) is 13.1. The van der Waals surface area contributed by atoms with Crippen LogP contribution < -0.4 is 9.47 Å². The Labute approximate surface area is 157 Å². The van der Waals surface area contributed by atoms with Crippen LogP contribution in [0.5, 0.6) is 11.5 Å². The Kier molecular flexibility index (Phi) is 7.79. The van der Waals surface area contributed by atoms with Crippen molar-refractivity contribution in [1.29, 1.82) is 0 Å². The minimum Gasteiger partial charge on any atom is -0.496 e. The molecular weight excluding hydrogens is 352 g/mol. The molecule has 0 aliphatic carbocycles. The van der Waals surface area contributed by atoms with Crippen LogP contribution in [0.3, 0.4) is 0 Å². The summed E-state index contributed by atoms with van der Waals surface area (Å²) in [6, 6.07) is 13.5. The maximum atomic E-state index is 13.3. The molecule has 0 N–H and O–H groups in total. The number of benzene rings is 2. The maximum absolute atomic E-state index is 13.3. The summed E-state index contributed by atoms with van der Waals surface area (Å²) in [6.45, 7) is 0.299. The third-order valence-electron chi connectivity index (χ3n) is 3.82. The normalized spacial score (nSPS) is 11.5. The van der Waals surface area contributed by atoms with Gasteiger partial charge in [0.1, 0.15) is 29.6 Å². The summed E-state index contributed by atoms with van der Waals surface area (Å²) in [5.41, 5.74) is 0.626. The highest BCUT2D eigenvalue weighted by atomic mass is 17.2. The van der Waals surface area contributed by atoms with Crippen LogP contribution in [0.15, 0.2) is 48.5 Å². The average molecular weight is 374 g/mol. The highest BCUT2D eigenvalue weighted by molar-refractivity contribution is 6.15. The molecular formula is C20H22O7. The van der Waals surface area contributed by atoms with E-state index in [4.69, 9.17) is 24.0 Å². The van der Waals surface area contributed by atoms with Gasteiger partial charge in [0.05, 0.1) is 20.8 Å². The van der Waals surface area contributed by atoms with Crippen molar-refractivity contribution in [2.75, 3.05) is 34.5 Å². The number of rotatable bonds is 10. The Morgan fingerprint density at radius 1 is 0.852 bits per heavy atom. The third-order valence-corrected chi connectivity index (χ3v) is 3.82.